The lowest BCUT2D eigenvalue weighted by molar-refractivity contribution is 0.0737. The number of thiol groups is 2. The van der Waals surface area contributed by atoms with Gasteiger partial charge in [-0.05, 0) is 82.8 Å². The van der Waals surface area contributed by atoms with Crippen molar-refractivity contribution < 1.29 is 26.3 Å². The van der Waals surface area contributed by atoms with Gasteiger partial charge in [-0.1, -0.05) is 37.9 Å². The maximum atomic E-state index is 13.5. The Kier molecular flexibility index (Phi) is 14.5. The second-order valence-electron chi connectivity index (χ2n) is 5.54. The third-order valence-electron chi connectivity index (χ3n) is 3.51. The third-order valence-corrected chi connectivity index (χ3v) is 7.86. The van der Waals surface area contributed by atoms with Crippen molar-refractivity contribution >= 4 is 99.4 Å². The molecule has 1 rings (SSSR count). The molecule has 1 atom stereocenters. The molecular formula is C17H20Br4O6S3. The summed E-state index contributed by atoms with van der Waals surface area (Å²) in [5.74, 6) is 0.459. The number of halogens is 4. The molecular weight excluding hydrogens is 716 g/mol. The van der Waals surface area contributed by atoms with E-state index < -0.39 is 15.9 Å². The number of alkyl halides is 1. The minimum atomic E-state index is -3.90. The average molecular weight is 736 g/mol. The number of rotatable bonds is 13. The molecule has 6 nitrogen and oxygen atoms in total. The van der Waals surface area contributed by atoms with Gasteiger partial charge in [0.2, 0.25) is 9.84 Å². The Hall–Kier alpha value is 0.950. The molecule has 0 spiro atoms. The minimum absolute atomic E-state index is 0.0744. The topological polar surface area (TPSA) is 71.1 Å². The SMILES string of the molecule is CC(OCCOS)/C(=C\C(Br)=C/CBr)S(=O)(=O)c1cc(Br)c(OCCOS)c(Br)c1. The van der Waals surface area contributed by atoms with Crippen molar-refractivity contribution in [3.05, 3.63) is 42.6 Å². The molecule has 0 heterocycles. The molecule has 13 heteroatoms. The number of benzene rings is 1. The third kappa shape index (κ3) is 9.06. The van der Waals surface area contributed by atoms with Crippen LogP contribution in [0.2, 0.25) is 0 Å². The molecule has 170 valence electrons. The first kappa shape index (κ1) is 29.0. The zero-order chi connectivity index (χ0) is 22.7. The first-order valence-corrected chi connectivity index (χ1v) is 14.0. The second-order valence-corrected chi connectivity index (χ2v) is 11.3. The van der Waals surface area contributed by atoms with Crippen molar-refractivity contribution in [3.8, 4) is 5.75 Å². The van der Waals surface area contributed by atoms with E-state index in [-0.39, 0.29) is 36.2 Å². The molecule has 0 amide bonds. The standard InChI is InChI=1S/C17H20Br4O6S3/c1-11(24-4-6-26-28)16(8-12(19)2-3-18)30(22,23)13-9-14(20)17(15(21)10-13)25-5-7-27-29/h2,8-11,28-29H,3-7H2,1H3/b12-2+,16-8+. The highest BCUT2D eigenvalue weighted by molar-refractivity contribution is 9.12. The van der Waals surface area contributed by atoms with Crippen LogP contribution < -0.4 is 4.74 Å². The number of hydrogen-bond donors (Lipinski definition) is 2. The van der Waals surface area contributed by atoms with E-state index in [9.17, 15) is 8.42 Å². The number of ether oxygens (including phenoxy) is 2. The van der Waals surface area contributed by atoms with Gasteiger partial charge in [-0.3, -0.25) is 0 Å². The molecule has 0 N–H and O–H groups in total. The fraction of sp³-hybridized carbons (Fsp3) is 0.412. The van der Waals surface area contributed by atoms with Crippen LogP contribution in [0.3, 0.4) is 0 Å². The first-order chi connectivity index (χ1) is 14.2. The van der Waals surface area contributed by atoms with Crippen molar-refractivity contribution in [1.82, 2.24) is 0 Å². The summed E-state index contributed by atoms with van der Waals surface area (Å²) < 4.78 is 49.0. The van der Waals surface area contributed by atoms with E-state index in [1.165, 1.54) is 18.2 Å². The first-order valence-electron chi connectivity index (χ1n) is 8.33. The van der Waals surface area contributed by atoms with Crippen LogP contribution in [0.5, 0.6) is 5.75 Å². The highest BCUT2D eigenvalue weighted by atomic mass is 79.9. The van der Waals surface area contributed by atoms with Crippen molar-refractivity contribution in [2.24, 2.45) is 0 Å². The van der Waals surface area contributed by atoms with Gasteiger partial charge in [0, 0.05) is 9.81 Å². The lowest BCUT2D eigenvalue weighted by Crippen LogP contribution is -2.21. The molecule has 30 heavy (non-hydrogen) atoms. The Morgan fingerprint density at radius 1 is 1.10 bits per heavy atom. The van der Waals surface area contributed by atoms with Crippen LogP contribution in [-0.2, 0) is 22.9 Å². The van der Waals surface area contributed by atoms with Crippen LogP contribution in [0, 0.1) is 0 Å². The number of sulfone groups is 1. The predicted molar refractivity (Wildman–Crippen MR) is 139 cm³/mol. The second kappa shape index (κ2) is 15.0. The molecule has 0 aromatic heterocycles. The average Bonchev–Trinajstić information content (AvgIpc) is 2.68. The van der Waals surface area contributed by atoms with Crippen molar-refractivity contribution in [2.75, 3.05) is 31.8 Å². The molecule has 0 saturated carbocycles. The molecule has 0 bridgehead atoms. The fourth-order valence-electron chi connectivity index (χ4n) is 2.17. The van der Waals surface area contributed by atoms with E-state index in [2.05, 4.69) is 97.9 Å². The molecule has 0 aliphatic heterocycles. The zero-order valence-electron chi connectivity index (χ0n) is 15.7. The van der Waals surface area contributed by atoms with Gasteiger partial charge in [-0.2, -0.15) is 0 Å². The summed E-state index contributed by atoms with van der Waals surface area (Å²) in [6.45, 7) is 2.59. The summed E-state index contributed by atoms with van der Waals surface area (Å²) in [5, 5.41) is 0.555. The summed E-state index contributed by atoms with van der Waals surface area (Å²) >= 11 is 20.7. The summed E-state index contributed by atoms with van der Waals surface area (Å²) in [6, 6.07) is 2.97. The van der Waals surface area contributed by atoms with Crippen LogP contribution >= 0.6 is 89.5 Å². The Balaban J connectivity index is 3.37. The van der Waals surface area contributed by atoms with Gasteiger partial charge >= 0.3 is 0 Å². The van der Waals surface area contributed by atoms with Gasteiger partial charge < -0.3 is 17.8 Å². The molecule has 0 aliphatic carbocycles. The maximum Gasteiger partial charge on any atom is 0.205 e. The van der Waals surface area contributed by atoms with Crippen LogP contribution in [0.4, 0.5) is 0 Å². The van der Waals surface area contributed by atoms with Crippen LogP contribution in [-0.4, -0.2) is 46.3 Å². The molecule has 0 saturated heterocycles. The quantitative estimate of drug-likeness (QED) is 0.0846. The Bertz CT molecular complexity index is 838. The predicted octanol–water partition coefficient (Wildman–Crippen LogP) is 6.05. The molecule has 1 aromatic rings. The van der Waals surface area contributed by atoms with Gasteiger partial charge in [0.25, 0.3) is 0 Å². The summed E-state index contributed by atoms with van der Waals surface area (Å²) in [6.07, 6.45) is 2.58. The lowest BCUT2D eigenvalue weighted by Gasteiger charge is -2.19. The number of allylic oxidation sites excluding steroid dienone is 3. The van der Waals surface area contributed by atoms with Gasteiger partial charge in [0.15, 0.2) is 0 Å². The maximum absolute atomic E-state index is 13.5. The van der Waals surface area contributed by atoms with E-state index in [1.54, 1.807) is 13.0 Å². The highest BCUT2D eigenvalue weighted by Gasteiger charge is 2.28. The van der Waals surface area contributed by atoms with Crippen LogP contribution in [0.25, 0.3) is 0 Å². The van der Waals surface area contributed by atoms with Crippen molar-refractivity contribution in [1.29, 1.82) is 0 Å². The molecule has 1 unspecified atom stereocenters. The van der Waals surface area contributed by atoms with Gasteiger partial charge in [0.1, 0.15) is 12.4 Å². The smallest absolute Gasteiger partial charge is 0.205 e. The summed E-state index contributed by atoms with van der Waals surface area (Å²) in [4.78, 5) is 0.159. The van der Waals surface area contributed by atoms with Crippen LogP contribution in [0.1, 0.15) is 6.92 Å². The monoisotopic (exact) mass is 732 g/mol. The Labute approximate surface area is 221 Å². The van der Waals surface area contributed by atoms with Gasteiger partial charge in [-0.15, -0.1) is 0 Å². The van der Waals surface area contributed by atoms with E-state index in [0.717, 1.165) is 0 Å². The van der Waals surface area contributed by atoms with Gasteiger partial charge in [0.05, 0.1) is 44.7 Å². The van der Waals surface area contributed by atoms with Gasteiger partial charge in [-0.25, -0.2) is 8.42 Å². The van der Waals surface area contributed by atoms with E-state index in [1.807, 2.05) is 0 Å². The van der Waals surface area contributed by atoms with Crippen molar-refractivity contribution in [2.45, 2.75) is 17.9 Å². The minimum Gasteiger partial charge on any atom is -0.489 e. The Morgan fingerprint density at radius 3 is 2.20 bits per heavy atom. The molecule has 0 fully saturated rings. The molecule has 0 radical (unpaired) electrons. The fourth-order valence-corrected chi connectivity index (χ4v) is 6.99. The Morgan fingerprint density at radius 2 is 1.67 bits per heavy atom. The highest BCUT2D eigenvalue weighted by Crippen LogP contribution is 2.38. The van der Waals surface area contributed by atoms with E-state index in [4.69, 9.17) is 9.47 Å². The largest absolute Gasteiger partial charge is 0.489 e. The summed E-state index contributed by atoms with van der Waals surface area (Å²) in [5.41, 5.74) is 0. The van der Waals surface area contributed by atoms with Crippen molar-refractivity contribution in [3.63, 3.8) is 0 Å². The number of hydrogen-bond acceptors (Lipinski definition) is 8. The van der Waals surface area contributed by atoms with Crippen LogP contribution in [0.15, 0.2) is 47.5 Å². The molecule has 0 aliphatic rings. The van der Waals surface area contributed by atoms with E-state index in [0.29, 0.717) is 24.5 Å². The van der Waals surface area contributed by atoms with E-state index >= 15 is 0 Å². The lowest BCUT2D eigenvalue weighted by atomic mass is 10.3. The zero-order valence-corrected chi connectivity index (χ0v) is 24.6. The molecule has 1 aromatic carbocycles. The normalized spacial score (nSPS) is 14.1. The summed E-state index contributed by atoms with van der Waals surface area (Å²) in [7, 11) is -3.90.